The normalized spacial score (nSPS) is 30.1. The van der Waals surface area contributed by atoms with Crippen molar-refractivity contribution in [3.8, 4) is 0 Å². The maximum absolute atomic E-state index is 11.1. The summed E-state index contributed by atoms with van der Waals surface area (Å²) in [5.74, 6) is 5.05. The number of rotatable bonds is 0. The molecular weight excluding hydrogens is 174 g/mol. The predicted octanol–water partition coefficient (Wildman–Crippen LogP) is 0.396. The molecule has 0 aliphatic carbocycles. The number of hydrazine groups is 1. The van der Waals surface area contributed by atoms with E-state index in [2.05, 4.69) is 19.3 Å². The quantitative estimate of drug-likeness (QED) is 0.329. The van der Waals surface area contributed by atoms with Crippen LogP contribution < -0.4 is 11.3 Å². The highest BCUT2D eigenvalue weighted by atomic mass is 32.2. The Kier molecular flexibility index (Phi) is 3.22. The highest BCUT2D eigenvalue weighted by Gasteiger charge is 2.24. The van der Waals surface area contributed by atoms with Crippen LogP contribution in [0.15, 0.2) is 0 Å². The van der Waals surface area contributed by atoms with Crippen LogP contribution in [0.5, 0.6) is 0 Å². The van der Waals surface area contributed by atoms with Crippen LogP contribution >= 0.6 is 11.8 Å². The summed E-state index contributed by atoms with van der Waals surface area (Å²) < 4.78 is 0. The van der Waals surface area contributed by atoms with E-state index in [1.54, 1.807) is 4.90 Å². The third kappa shape index (κ3) is 2.28. The van der Waals surface area contributed by atoms with Crippen LogP contribution in [-0.2, 0) is 0 Å². The molecular formula is C7H15N3OS. The summed E-state index contributed by atoms with van der Waals surface area (Å²) in [7, 11) is 0. The largest absolute Gasteiger partial charge is 0.331 e. The van der Waals surface area contributed by atoms with Crippen molar-refractivity contribution >= 4 is 17.8 Å². The fourth-order valence-electron chi connectivity index (χ4n) is 1.44. The monoisotopic (exact) mass is 189 g/mol. The van der Waals surface area contributed by atoms with E-state index >= 15 is 0 Å². The summed E-state index contributed by atoms with van der Waals surface area (Å²) >= 11 is 1.91. The van der Waals surface area contributed by atoms with Gasteiger partial charge in [0.2, 0.25) is 0 Å². The molecule has 0 aromatic carbocycles. The molecule has 1 fully saturated rings. The van der Waals surface area contributed by atoms with E-state index < -0.39 is 0 Å². The van der Waals surface area contributed by atoms with E-state index in [1.165, 1.54) is 0 Å². The maximum atomic E-state index is 11.1. The van der Waals surface area contributed by atoms with Crippen LogP contribution in [0.3, 0.4) is 0 Å². The van der Waals surface area contributed by atoms with Gasteiger partial charge in [0.1, 0.15) is 0 Å². The Morgan fingerprint density at radius 2 is 2.00 bits per heavy atom. The SMILES string of the molecule is CC1CN(C(=O)NN)CC(C)S1. The molecule has 1 heterocycles. The maximum Gasteiger partial charge on any atom is 0.331 e. The molecule has 0 radical (unpaired) electrons. The van der Waals surface area contributed by atoms with E-state index in [0.717, 1.165) is 13.1 Å². The first-order valence-electron chi connectivity index (χ1n) is 4.04. The first-order chi connectivity index (χ1) is 5.63. The van der Waals surface area contributed by atoms with E-state index in [1.807, 2.05) is 11.8 Å². The Labute approximate surface area is 76.8 Å². The standard InChI is InChI=1S/C7H15N3OS/c1-5-3-10(7(11)9-8)4-6(2)12-5/h5-6H,3-4,8H2,1-2H3,(H,9,11). The van der Waals surface area contributed by atoms with Gasteiger partial charge < -0.3 is 4.90 Å². The van der Waals surface area contributed by atoms with Crippen LogP contribution in [0, 0.1) is 0 Å². The Morgan fingerprint density at radius 3 is 2.42 bits per heavy atom. The average molecular weight is 189 g/mol. The minimum Gasteiger partial charge on any atom is -0.322 e. The van der Waals surface area contributed by atoms with Gasteiger partial charge in [0.05, 0.1) is 0 Å². The summed E-state index contributed by atoms with van der Waals surface area (Å²) in [4.78, 5) is 12.9. The minimum absolute atomic E-state index is 0.172. The van der Waals surface area contributed by atoms with Gasteiger partial charge in [-0.1, -0.05) is 13.8 Å². The van der Waals surface area contributed by atoms with Crippen molar-refractivity contribution < 1.29 is 4.79 Å². The summed E-state index contributed by atoms with van der Waals surface area (Å²) in [5.41, 5.74) is 2.15. The van der Waals surface area contributed by atoms with Gasteiger partial charge in [-0.25, -0.2) is 10.6 Å². The van der Waals surface area contributed by atoms with Crippen molar-refractivity contribution in [1.29, 1.82) is 0 Å². The molecule has 2 amide bonds. The topological polar surface area (TPSA) is 58.4 Å². The van der Waals surface area contributed by atoms with Gasteiger partial charge in [0, 0.05) is 23.6 Å². The van der Waals surface area contributed by atoms with Crippen molar-refractivity contribution in [1.82, 2.24) is 10.3 Å². The Bertz CT molecular complexity index is 166. The first kappa shape index (κ1) is 9.67. The number of nitrogens with one attached hydrogen (secondary N) is 1. The van der Waals surface area contributed by atoms with Crippen LogP contribution in [0.25, 0.3) is 0 Å². The average Bonchev–Trinajstić information content (AvgIpc) is 2.01. The molecule has 1 rings (SSSR count). The molecule has 3 N–H and O–H groups in total. The van der Waals surface area contributed by atoms with Crippen molar-refractivity contribution in [3.05, 3.63) is 0 Å². The Hall–Kier alpha value is -0.420. The lowest BCUT2D eigenvalue weighted by Crippen LogP contribution is -2.50. The molecule has 70 valence electrons. The molecule has 0 aromatic rings. The smallest absolute Gasteiger partial charge is 0.322 e. The van der Waals surface area contributed by atoms with Crippen molar-refractivity contribution in [3.63, 3.8) is 0 Å². The highest BCUT2D eigenvalue weighted by Crippen LogP contribution is 2.24. The van der Waals surface area contributed by atoms with E-state index in [9.17, 15) is 4.79 Å². The molecule has 2 unspecified atom stereocenters. The molecule has 12 heavy (non-hydrogen) atoms. The van der Waals surface area contributed by atoms with Crippen molar-refractivity contribution in [2.24, 2.45) is 5.84 Å². The lowest BCUT2D eigenvalue weighted by atomic mass is 10.3. The summed E-state index contributed by atoms with van der Waals surface area (Å²) in [6.07, 6.45) is 0. The van der Waals surface area contributed by atoms with Gasteiger partial charge in [-0.15, -0.1) is 0 Å². The van der Waals surface area contributed by atoms with Gasteiger partial charge in [-0.05, 0) is 0 Å². The molecule has 1 aliphatic heterocycles. The van der Waals surface area contributed by atoms with E-state index in [0.29, 0.717) is 10.5 Å². The Morgan fingerprint density at radius 1 is 1.50 bits per heavy atom. The zero-order chi connectivity index (χ0) is 9.14. The third-order valence-electron chi connectivity index (χ3n) is 1.83. The highest BCUT2D eigenvalue weighted by molar-refractivity contribution is 8.00. The fraction of sp³-hybridized carbons (Fsp3) is 0.857. The minimum atomic E-state index is -0.172. The molecule has 1 aliphatic rings. The first-order valence-corrected chi connectivity index (χ1v) is 4.98. The second-order valence-electron chi connectivity index (χ2n) is 3.11. The fourth-order valence-corrected chi connectivity index (χ4v) is 2.76. The van der Waals surface area contributed by atoms with Crippen LogP contribution in [0.4, 0.5) is 4.79 Å². The Balaban J connectivity index is 2.49. The van der Waals surface area contributed by atoms with E-state index in [-0.39, 0.29) is 6.03 Å². The van der Waals surface area contributed by atoms with Crippen LogP contribution in [0.1, 0.15) is 13.8 Å². The number of urea groups is 1. The van der Waals surface area contributed by atoms with Gasteiger partial charge in [-0.3, -0.25) is 5.43 Å². The number of amides is 2. The van der Waals surface area contributed by atoms with Crippen molar-refractivity contribution in [2.75, 3.05) is 13.1 Å². The van der Waals surface area contributed by atoms with Gasteiger partial charge in [-0.2, -0.15) is 11.8 Å². The molecule has 0 aromatic heterocycles. The molecule has 0 bridgehead atoms. The van der Waals surface area contributed by atoms with Gasteiger partial charge in [0.15, 0.2) is 0 Å². The van der Waals surface area contributed by atoms with Crippen LogP contribution in [0.2, 0.25) is 0 Å². The van der Waals surface area contributed by atoms with Gasteiger partial charge in [0.25, 0.3) is 0 Å². The molecule has 0 spiro atoms. The third-order valence-corrected chi connectivity index (χ3v) is 3.06. The number of hydrogen-bond donors (Lipinski definition) is 2. The number of hydrogen-bond acceptors (Lipinski definition) is 3. The number of thioether (sulfide) groups is 1. The summed E-state index contributed by atoms with van der Waals surface area (Å²) in [6.45, 7) is 5.82. The van der Waals surface area contributed by atoms with E-state index in [4.69, 9.17) is 5.84 Å². The lowest BCUT2D eigenvalue weighted by molar-refractivity contribution is 0.197. The number of nitrogens with zero attached hydrogens (tertiary/aromatic N) is 1. The van der Waals surface area contributed by atoms with Crippen molar-refractivity contribution in [2.45, 2.75) is 24.3 Å². The van der Waals surface area contributed by atoms with Crippen LogP contribution in [-0.4, -0.2) is 34.5 Å². The zero-order valence-corrected chi connectivity index (χ0v) is 8.23. The molecule has 5 heteroatoms. The predicted molar refractivity (Wildman–Crippen MR) is 50.8 cm³/mol. The second-order valence-corrected chi connectivity index (χ2v) is 4.99. The number of nitrogens with two attached hydrogens (primary N) is 1. The molecule has 1 saturated heterocycles. The lowest BCUT2D eigenvalue weighted by Gasteiger charge is -2.33. The number of carbonyl (C=O) groups is 1. The van der Waals surface area contributed by atoms with Gasteiger partial charge >= 0.3 is 6.03 Å². The molecule has 4 nitrogen and oxygen atoms in total. The second kappa shape index (κ2) is 4.00. The molecule has 2 atom stereocenters. The summed E-state index contributed by atoms with van der Waals surface area (Å²) in [6, 6.07) is -0.172. The number of carbonyl (C=O) groups excluding carboxylic acids is 1. The zero-order valence-electron chi connectivity index (χ0n) is 7.41. The molecule has 0 saturated carbocycles. The summed E-state index contributed by atoms with van der Waals surface area (Å²) in [5, 5.41) is 1.01.